The van der Waals surface area contributed by atoms with Crippen LogP contribution in [0.15, 0.2) is 0 Å². The van der Waals surface area contributed by atoms with E-state index in [0.717, 1.165) is 38.4 Å². The molecule has 4 heterocycles. The zero-order chi connectivity index (χ0) is 14.8. The van der Waals surface area contributed by atoms with Gasteiger partial charge in [-0.25, -0.2) is 0 Å². The average Bonchev–Trinajstić information content (AvgIpc) is 3.24. The molecule has 4 rings (SSSR count). The normalized spacial score (nSPS) is 22.4. The molecular formula is C13H19N7O2. The van der Waals surface area contributed by atoms with Gasteiger partial charge < -0.3 is 19.7 Å². The lowest BCUT2D eigenvalue weighted by molar-refractivity contribution is 0.120. The van der Waals surface area contributed by atoms with Gasteiger partial charge in [-0.2, -0.15) is 20.3 Å². The molecule has 2 aromatic rings. The Hall–Kier alpha value is -2.00. The first kappa shape index (κ1) is 13.6. The van der Waals surface area contributed by atoms with Gasteiger partial charge in [0.1, 0.15) is 0 Å². The molecule has 1 atom stereocenters. The van der Waals surface area contributed by atoms with Crippen molar-refractivity contribution in [3.8, 4) is 0 Å². The highest BCUT2D eigenvalue weighted by molar-refractivity contribution is 5.83. The van der Waals surface area contributed by atoms with Crippen molar-refractivity contribution < 1.29 is 9.47 Å². The van der Waals surface area contributed by atoms with Crippen LogP contribution >= 0.6 is 0 Å². The lowest BCUT2D eigenvalue weighted by Gasteiger charge is -2.27. The monoisotopic (exact) mass is 305 g/mol. The molecule has 0 saturated carbocycles. The molecule has 0 spiro atoms. The zero-order valence-electron chi connectivity index (χ0n) is 12.3. The predicted molar refractivity (Wildman–Crippen MR) is 80.0 cm³/mol. The summed E-state index contributed by atoms with van der Waals surface area (Å²) in [6.45, 7) is 4.54. The summed E-state index contributed by atoms with van der Waals surface area (Å²) in [5.41, 5.74) is 1.27. The van der Waals surface area contributed by atoms with Crippen LogP contribution in [-0.4, -0.2) is 70.9 Å². The number of aromatic amines is 1. The van der Waals surface area contributed by atoms with E-state index < -0.39 is 0 Å². The fourth-order valence-electron chi connectivity index (χ4n) is 2.82. The van der Waals surface area contributed by atoms with Crippen LogP contribution in [0.4, 0.5) is 11.8 Å². The number of hydrogen-bond acceptors (Lipinski definition) is 8. The molecule has 9 nitrogen and oxygen atoms in total. The maximum Gasteiger partial charge on any atom is 0.227 e. The molecule has 9 heteroatoms. The van der Waals surface area contributed by atoms with E-state index in [-0.39, 0.29) is 6.10 Å². The largest absolute Gasteiger partial charge is 0.378 e. The van der Waals surface area contributed by atoms with Gasteiger partial charge in [0.25, 0.3) is 0 Å². The first-order valence-electron chi connectivity index (χ1n) is 7.67. The summed E-state index contributed by atoms with van der Waals surface area (Å²) < 4.78 is 11.0. The third kappa shape index (κ3) is 2.69. The van der Waals surface area contributed by atoms with Crippen LogP contribution in [0.2, 0.25) is 0 Å². The highest BCUT2D eigenvalue weighted by Gasteiger charge is 2.21. The van der Waals surface area contributed by atoms with Gasteiger partial charge >= 0.3 is 0 Å². The lowest BCUT2D eigenvalue weighted by Crippen LogP contribution is -2.37. The zero-order valence-corrected chi connectivity index (χ0v) is 12.3. The minimum absolute atomic E-state index is 0.239. The molecule has 2 aliphatic rings. The van der Waals surface area contributed by atoms with Crippen molar-refractivity contribution in [2.24, 2.45) is 0 Å². The Labute approximate surface area is 127 Å². The second kappa shape index (κ2) is 6.01. The average molecular weight is 305 g/mol. The van der Waals surface area contributed by atoms with Crippen molar-refractivity contribution in [3.05, 3.63) is 0 Å². The number of nitrogens with one attached hydrogen (secondary N) is 2. The molecule has 2 N–H and O–H groups in total. The van der Waals surface area contributed by atoms with Crippen LogP contribution in [0, 0.1) is 0 Å². The number of H-pyrrole nitrogens is 1. The van der Waals surface area contributed by atoms with Gasteiger partial charge in [0.2, 0.25) is 11.6 Å². The summed E-state index contributed by atoms with van der Waals surface area (Å²) in [7, 11) is 0. The number of anilines is 2. The Morgan fingerprint density at radius 1 is 1.18 bits per heavy atom. The second-order valence-corrected chi connectivity index (χ2v) is 5.48. The van der Waals surface area contributed by atoms with E-state index in [1.807, 2.05) is 0 Å². The molecule has 0 radical (unpaired) electrons. The van der Waals surface area contributed by atoms with E-state index in [1.165, 1.54) is 0 Å². The van der Waals surface area contributed by atoms with Crippen LogP contribution in [-0.2, 0) is 9.47 Å². The summed E-state index contributed by atoms with van der Waals surface area (Å²) >= 11 is 0. The molecule has 0 bridgehead atoms. The van der Waals surface area contributed by atoms with Gasteiger partial charge in [-0.05, 0) is 12.8 Å². The molecule has 0 unspecified atom stereocenters. The number of nitrogens with zero attached hydrogens (tertiary/aromatic N) is 5. The van der Waals surface area contributed by atoms with E-state index in [9.17, 15) is 0 Å². The fourth-order valence-corrected chi connectivity index (χ4v) is 2.82. The van der Waals surface area contributed by atoms with Gasteiger partial charge in [0.05, 0.1) is 19.3 Å². The summed E-state index contributed by atoms with van der Waals surface area (Å²) in [5.74, 6) is 1.37. The SMILES string of the molecule is C1CO[C@@H](CNc2nc(N3CCOCC3)c3n[nH]nc3n2)C1. The van der Waals surface area contributed by atoms with Crippen LogP contribution in [0.3, 0.4) is 0 Å². The van der Waals surface area contributed by atoms with E-state index in [4.69, 9.17) is 9.47 Å². The second-order valence-electron chi connectivity index (χ2n) is 5.48. The Balaban J connectivity index is 1.58. The fraction of sp³-hybridized carbons (Fsp3) is 0.692. The molecule has 118 valence electrons. The van der Waals surface area contributed by atoms with Crippen LogP contribution in [0.1, 0.15) is 12.8 Å². The molecular weight excluding hydrogens is 286 g/mol. The van der Waals surface area contributed by atoms with Crippen LogP contribution < -0.4 is 10.2 Å². The van der Waals surface area contributed by atoms with Crippen molar-refractivity contribution >= 4 is 22.9 Å². The van der Waals surface area contributed by atoms with Crippen LogP contribution in [0.5, 0.6) is 0 Å². The highest BCUT2D eigenvalue weighted by Crippen LogP contribution is 2.23. The third-order valence-corrected chi connectivity index (χ3v) is 3.99. The maximum atomic E-state index is 5.61. The molecule has 0 aliphatic carbocycles. The lowest BCUT2D eigenvalue weighted by atomic mass is 10.2. The van der Waals surface area contributed by atoms with Crippen molar-refractivity contribution in [3.63, 3.8) is 0 Å². The third-order valence-electron chi connectivity index (χ3n) is 3.99. The first-order chi connectivity index (χ1) is 10.9. The molecule has 2 aliphatic heterocycles. The van der Waals surface area contributed by atoms with Crippen molar-refractivity contribution in [2.45, 2.75) is 18.9 Å². The van der Waals surface area contributed by atoms with Gasteiger partial charge in [0, 0.05) is 26.2 Å². The Morgan fingerprint density at radius 2 is 2.09 bits per heavy atom. The smallest absolute Gasteiger partial charge is 0.227 e. The number of rotatable bonds is 4. The Kier molecular flexibility index (Phi) is 3.73. The van der Waals surface area contributed by atoms with Crippen molar-refractivity contribution in [1.29, 1.82) is 0 Å². The van der Waals surface area contributed by atoms with Gasteiger partial charge in [0.15, 0.2) is 11.3 Å². The quantitative estimate of drug-likeness (QED) is 0.824. The summed E-state index contributed by atoms with van der Waals surface area (Å²) in [6, 6.07) is 0. The molecule has 2 saturated heterocycles. The molecule has 2 fully saturated rings. The predicted octanol–water partition coefficient (Wildman–Crippen LogP) is 0.175. The summed E-state index contributed by atoms with van der Waals surface area (Å²) in [5, 5.41) is 14.2. The first-order valence-corrected chi connectivity index (χ1v) is 7.67. The van der Waals surface area contributed by atoms with Gasteiger partial charge in [-0.1, -0.05) is 0 Å². The van der Waals surface area contributed by atoms with E-state index in [0.29, 0.717) is 36.9 Å². The van der Waals surface area contributed by atoms with Gasteiger partial charge in [-0.15, -0.1) is 5.10 Å². The number of ether oxygens (including phenoxy) is 2. The van der Waals surface area contributed by atoms with Crippen molar-refractivity contribution in [2.75, 3.05) is 49.7 Å². The molecule has 0 aromatic carbocycles. The number of hydrogen-bond donors (Lipinski definition) is 2. The minimum Gasteiger partial charge on any atom is -0.378 e. The number of aromatic nitrogens is 5. The molecule has 0 amide bonds. The van der Waals surface area contributed by atoms with Gasteiger partial charge in [-0.3, -0.25) is 0 Å². The summed E-state index contributed by atoms with van der Waals surface area (Å²) in [4.78, 5) is 11.2. The Bertz CT molecular complexity index is 634. The Morgan fingerprint density at radius 3 is 2.91 bits per heavy atom. The van der Waals surface area contributed by atoms with Crippen molar-refractivity contribution in [1.82, 2.24) is 25.4 Å². The van der Waals surface area contributed by atoms with Crippen LogP contribution in [0.25, 0.3) is 11.2 Å². The molecule has 22 heavy (non-hydrogen) atoms. The minimum atomic E-state index is 0.239. The van der Waals surface area contributed by atoms with E-state index >= 15 is 0 Å². The van der Waals surface area contributed by atoms with E-state index in [1.54, 1.807) is 0 Å². The molecule has 2 aromatic heterocycles. The summed E-state index contributed by atoms with van der Waals surface area (Å²) in [6.07, 6.45) is 2.44. The number of fused-ring (bicyclic) bond motifs is 1. The topological polar surface area (TPSA) is 101 Å². The van der Waals surface area contributed by atoms with E-state index in [2.05, 4.69) is 35.6 Å². The standard InChI is InChI=1S/C13H19N7O2/c1-2-9(22-5-1)8-14-13-15-11-10(17-19-18-11)12(16-13)20-3-6-21-7-4-20/h9H,1-8H2,(H2,14,15,16,17,18,19)/t9-/m1/s1. The number of morpholine rings is 1. The highest BCUT2D eigenvalue weighted by atomic mass is 16.5. The maximum absolute atomic E-state index is 5.61.